The second-order valence-corrected chi connectivity index (χ2v) is 5.07. The lowest BCUT2D eigenvalue weighted by molar-refractivity contribution is 0.0682. The van der Waals surface area contributed by atoms with E-state index in [1.807, 2.05) is 11.8 Å². The lowest BCUT2D eigenvalue weighted by atomic mass is 10.1. The SMILES string of the molecule is O=C(O)c1c(F)cccc1OC1CCSCC1. The van der Waals surface area contributed by atoms with Crippen LogP contribution in [0.3, 0.4) is 0 Å². The lowest BCUT2D eigenvalue weighted by Gasteiger charge is -2.23. The Kier molecular flexibility index (Phi) is 3.89. The number of hydrogen-bond donors (Lipinski definition) is 1. The topological polar surface area (TPSA) is 46.5 Å². The predicted octanol–water partition coefficient (Wildman–Crippen LogP) is 2.80. The molecule has 17 heavy (non-hydrogen) atoms. The fraction of sp³-hybridized carbons (Fsp3) is 0.417. The molecule has 1 fully saturated rings. The molecule has 1 aromatic rings. The Bertz CT molecular complexity index is 416. The number of thioether (sulfide) groups is 1. The molecule has 0 unspecified atom stereocenters. The van der Waals surface area contributed by atoms with Gasteiger partial charge in [-0.25, -0.2) is 9.18 Å². The third-order valence-corrected chi connectivity index (χ3v) is 3.70. The van der Waals surface area contributed by atoms with Crippen LogP contribution in [0.5, 0.6) is 5.75 Å². The molecule has 0 aliphatic carbocycles. The summed E-state index contributed by atoms with van der Waals surface area (Å²) in [6.07, 6.45) is 1.75. The molecule has 0 atom stereocenters. The first-order valence-corrected chi connectivity index (χ1v) is 6.60. The summed E-state index contributed by atoms with van der Waals surface area (Å²) in [4.78, 5) is 11.0. The van der Waals surface area contributed by atoms with E-state index in [1.54, 1.807) is 0 Å². The van der Waals surface area contributed by atoms with Crippen LogP contribution < -0.4 is 4.74 Å². The molecule has 0 radical (unpaired) electrons. The van der Waals surface area contributed by atoms with Gasteiger partial charge in [-0.1, -0.05) is 6.07 Å². The van der Waals surface area contributed by atoms with Crippen LogP contribution in [0.15, 0.2) is 18.2 Å². The molecule has 0 bridgehead atoms. The molecule has 2 rings (SSSR count). The fourth-order valence-electron chi connectivity index (χ4n) is 1.78. The summed E-state index contributed by atoms with van der Waals surface area (Å²) >= 11 is 1.85. The van der Waals surface area contributed by atoms with Gasteiger partial charge in [0.2, 0.25) is 0 Å². The smallest absolute Gasteiger partial charge is 0.342 e. The zero-order chi connectivity index (χ0) is 12.3. The lowest BCUT2D eigenvalue weighted by Crippen LogP contribution is -2.23. The maximum Gasteiger partial charge on any atom is 0.342 e. The van der Waals surface area contributed by atoms with Gasteiger partial charge in [0.25, 0.3) is 0 Å². The molecular formula is C12H13FO3S. The average Bonchev–Trinajstić information content (AvgIpc) is 2.30. The molecule has 5 heteroatoms. The highest BCUT2D eigenvalue weighted by atomic mass is 32.2. The molecular weight excluding hydrogens is 243 g/mol. The van der Waals surface area contributed by atoms with Crippen LogP contribution in [0.1, 0.15) is 23.2 Å². The molecule has 0 aromatic heterocycles. The van der Waals surface area contributed by atoms with Crippen molar-refractivity contribution in [3.05, 3.63) is 29.6 Å². The maximum absolute atomic E-state index is 13.4. The quantitative estimate of drug-likeness (QED) is 0.903. The Morgan fingerprint density at radius 2 is 2.12 bits per heavy atom. The van der Waals surface area contributed by atoms with Crippen LogP contribution in [0.4, 0.5) is 4.39 Å². The van der Waals surface area contributed by atoms with Gasteiger partial charge in [-0.05, 0) is 36.5 Å². The van der Waals surface area contributed by atoms with Crippen molar-refractivity contribution in [1.82, 2.24) is 0 Å². The molecule has 1 N–H and O–H groups in total. The number of carboxylic acid groups (broad SMARTS) is 1. The monoisotopic (exact) mass is 256 g/mol. The minimum Gasteiger partial charge on any atom is -0.489 e. The molecule has 1 aliphatic heterocycles. The van der Waals surface area contributed by atoms with Crippen LogP contribution in [0, 0.1) is 5.82 Å². The van der Waals surface area contributed by atoms with Crippen LogP contribution in [-0.2, 0) is 0 Å². The normalized spacial score (nSPS) is 16.8. The van der Waals surface area contributed by atoms with E-state index in [2.05, 4.69) is 0 Å². The summed E-state index contributed by atoms with van der Waals surface area (Å²) in [7, 11) is 0. The van der Waals surface area contributed by atoms with E-state index in [1.165, 1.54) is 12.1 Å². The number of hydrogen-bond acceptors (Lipinski definition) is 3. The second-order valence-electron chi connectivity index (χ2n) is 3.85. The molecule has 0 saturated carbocycles. The van der Waals surface area contributed by atoms with Crippen molar-refractivity contribution in [2.24, 2.45) is 0 Å². The van der Waals surface area contributed by atoms with Gasteiger partial charge in [0, 0.05) is 0 Å². The first kappa shape index (κ1) is 12.2. The van der Waals surface area contributed by atoms with Crippen molar-refractivity contribution in [3.63, 3.8) is 0 Å². The number of rotatable bonds is 3. The summed E-state index contributed by atoms with van der Waals surface area (Å²) in [5.41, 5.74) is -0.370. The van der Waals surface area contributed by atoms with Gasteiger partial charge in [0.05, 0.1) is 0 Å². The number of ether oxygens (including phenoxy) is 1. The van der Waals surface area contributed by atoms with Crippen molar-refractivity contribution in [1.29, 1.82) is 0 Å². The number of halogens is 1. The van der Waals surface area contributed by atoms with E-state index in [0.717, 1.165) is 30.4 Å². The Hall–Kier alpha value is -1.23. The van der Waals surface area contributed by atoms with Crippen molar-refractivity contribution >= 4 is 17.7 Å². The summed E-state index contributed by atoms with van der Waals surface area (Å²) < 4.78 is 19.0. The van der Waals surface area contributed by atoms with Gasteiger partial charge in [-0.3, -0.25) is 0 Å². The summed E-state index contributed by atoms with van der Waals surface area (Å²) in [5.74, 6) is 0.1000. The van der Waals surface area contributed by atoms with E-state index >= 15 is 0 Å². The summed E-state index contributed by atoms with van der Waals surface area (Å²) in [5, 5.41) is 8.95. The predicted molar refractivity (Wildman–Crippen MR) is 64.3 cm³/mol. The summed E-state index contributed by atoms with van der Waals surface area (Å²) in [6.45, 7) is 0. The molecule has 0 spiro atoms. The van der Waals surface area contributed by atoms with Crippen molar-refractivity contribution in [2.75, 3.05) is 11.5 Å². The molecule has 1 aliphatic rings. The number of carbonyl (C=O) groups is 1. The highest BCUT2D eigenvalue weighted by molar-refractivity contribution is 7.99. The first-order chi connectivity index (χ1) is 8.18. The fourth-order valence-corrected chi connectivity index (χ4v) is 2.85. The molecule has 92 valence electrons. The number of carboxylic acids is 1. The standard InChI is InChI=1S/C12H13FO3S/c13-9-2-1-3-10(11(9)12(14)15)16-8-4-6-17-7-5-8/h1-3,8H,4-7H2,(H,14,15). The third-order valence-electron chi connectivity index (χ3n) is 2.65. The Morgan fingerprint density at radius 1 is 1.41 bits per heavy atom. The minimum absolute atomic E-state index is 0.00356. The average molecular weight is 256 g/mol. The van der Waals surface area contributed by atoms with E-state index in [-0.39, 0.29) is 17.4 Å². The van der Waals surface area contributed by atoms with Crippen LogP contribution in [-0.4, -0.2) is 28.7 Å². The van der Waals surface area contributed by atoms with Crippen molar-refractivity contribution < 1.29 is 19.0 Å². The van der Waals surface area contributed by atoms with Gasteiger partial charge in [-0.15, -0.1) is 0 Å². The van der Waals surface area contributed by atoms with E-state index in [4.69, 9.17) is 9.84 Å². The largest absolute Gasteiger partial charge is 0.489 e. The Labute approximate surface area is 103 Å². The Balaban J connectivity index is 2.19. The van der Waals surface area contributed by atoms with E-state index < -0.39 is 11.8 Å². The van der Waals surface area contributed by atoms with Crippen LogP contribution >= 0.6 is 11.8 Å². The summed E-state index contributed by atoms with van der Waals surface area (Å²) in [6, 6.07) is 4.11. The molecule has 1 aromatic carbocycles. The van der Waals surface area contributed by atoms with Crippen molar-refractivity contribution in [2.45, 2.75) is 18.9 Å². The van der Waals surface area contributed by atoms with Gasteiger partial charge >= 0.3 is 5.97 Å². The molecule has 1 saturated heterocycles. The van der Waals surface area contributed by atoms with Gasteiger partial charge in [0.1, 0.15) is 23.2 Å². The zero-order valence-electron chi connectivity index (χ0n) is 9.19. The number of aromatic carboxylic acids is 1. The van der Waals surface area contributed by atoms with E-state index in [0.29, 0.717) is 0 Å². The second kappa shape index (κ2) is 5.40. The Morgan fingerprint density at radius 3 is 2.76 bits per heavy atom. The van der Waals surface area contributed by atoms with Crippen LogP contribution in [0.25, 0.3) is 0 Å². The minimum atomic E-state index is -1.29. The molecule has 3 nitrogen and oxygen atoms in total. The van der Waals surface area contributed by atoms with E-state index in [9.17, 15) is 9.18 Å². The first-order valence-electron chi connectivity index (χ1n) is 5.44. The third kappa shape index (κ3) is 2.91. The van der Waals surface area contributed by atoms with Gasteiger partial charge in [0.15, 0.2) is 0 Å². The zero-order valence-corrected chi connectivity index (χ0v) is 10.0. The van der Waals surface area contributed by atoms with Crippen molar-refractivity contribution in [3.8, 4) is 5.75 Å². The van der Waals surface area contributed by atoms with Crippen LogP contribution in [0.2, 0.25) is 0 Å². The highest BCUT2D eigenvalue weighted by Crippen LogP contribution is 2.26. The maximum atomic E-state index is 13.4. The van der Waals surface area contributed by atoms with Gasteiger partial charge < -0.3 is 9.84 Å². The van der Waals surface area contributed by atoms with Gasteiger partial charge in [-0.2, -0.15) is 11.8 Å². The highest BCUT2D eigenvalue weighted by Gasteiger charge is 2.21. The number of benzene rings is 1. The molecule has 1 heterocycles. The molecule has 0 amide bonds.